The summed E-state index contributed by atoms with van der Waals surface area (Å²) in [4.78, 5) is 8.07. The van der Waals surface area contributed by atoms with E-state index in [0.29, 0.717) is 18.0 Å². The number of sulfone groups is 1. The number of hydrogen-bond acceptors (Lipinski definition) is 4. The Labute approximate surface area is 101 Å². The van der Waals surface area contributed by atoms with E-state index in [-0.39, 0.29) is 5.03 Å². The van der Waals surface area contributed by atoms with E-state index in [4.69, 9.17) is 11.6 Å². The number of rotatable bonds is 4. The lowest BCUT2D eigenvalue weighted by Crippen LogP contribution is -2.20. The molecule has 4 nitrogen and oxygen atoms in total. The molecular weight excluding hydrogens is 248 g/mol. The second-order valence-corrected chi connectivity index (χ2v) is 6.40. The molecule has 0 fully saturated rings. The summed E-state index contributed by atoms with van der Waals surface area (Å²) < 4.78 is 24.0. The van der Waals surface area contributed by atoms with Crippen molar-refractivity contribution in [2.24, 2.45) is 0 Å². The summed E-state index contributed by atoms with van der Waals surface area (Å²) in [6, 6.07) is 0. The van der Waals surface area contributed by atoms with E-state index in [9.17, 15) is 8.42 Å². The van der Waals surface area contributed by atoms with Crippen molar-refractivity contribution in [3.05, 3.63) is 17.6 Å². The molecule has 0 bridgehead atoms. The molecule has 0 aliphatic carbocycles. The molecule has 6 heteroatoms. The van der Waals surface area contributed by atoms with E-state index in [1.54, 1.807) is 20.8 Å². The van der Waals surface area contributed by atoms with Gasteiger partial charge in [0.15, 0.2) is 14.9 Å². The van der Waals surface area contributed by atoms with Crippen LogP contribution in [0.3, 0.4) is 0 Å². The maximum atomic E-state index is 12.0. The average molecular weight is 263 g/mol. The van der Waals surface area contributed by atoms with Crippen LogP contribution in [-0.4, -0.2) is 29.5 Å². The molecule has 0 N–H and O–H groups in total. The van der Waals surface area contributed by atoms with Crippen LogP contribution in [0.1, 0.15) is 24.7 Å². The summed E-state index contributed by atoms with van der Waals surface area (Å²) in [7, 11) is -3.40. The number of aryl methyl sites for hydroxylation is 2. The van der Waals surface area contributed by atoms with Crippen molar-refractivity contribution < 1.29 is 8.42 Å². The maximum absolute atomic E-state index is 12.0. The summed E-state index contributed by atoms with van der Waals surface area (Å²) in [5.41, 5.74) is 1.38. The van der Waals surface area contributed by atoms with E-state index in [2.05, 4.69) is 9.97 Å². The van der Waals surface area contributed by atoms with Crippen molar-refractivity contribution in [1.29, 1.82) is 0 Å². The van der Waals surface area contributed by atoms with E-state index in [1.165, 1.54) is 6.20 Å². The lowest BCUT2D eigenvalue weighted by molar-refractivity contribution is 0.576. The predicted octanol–water partition coefficient (Wildman–Crippen LogP) is 1.88. The van der Waals surface area contributed by atoms with Crippen molar-refractivity contribution >= 4 is 21.4 Å². The largest absolute Gasteiger partial charge is 0.257 e. The summed E-state index contributed by atoms with van der Waals surface area (Å²) in [5, 5.41) is -0.491. The molecule has 1 unspecified atom stereocenters. The van der Waals surface area contributed by atoms with Gasteiger partial charge in [-0.15, -0.1) is 11.6 Å². The minimum absolute atomic E-state index is 0.0354. The van der Waals surface area contributed by atoms with E-state index in [0.717, 1.165) is 5.69 Å². The topological polar surface area (TPSA) is 59.9 Å². The summed E-state index contributed by atoms with van der Waals surface area (Å²) in [6.07, 6.45) is 1.72. The first-order chi connectivity index (χ1) is 7.39. The second kappa shape index (κ2) is 5.10. The zero-order valence-electron chi connectivity index (χ0n) is 9.57. The second-order valence-electron chi connectivity index (χ2n) is 3.71. The molecular formula is C10H15ClN2O2S. The smallest absolute Gasteiger partial charge is 0.199 e. The highest BCUT2D eigenvalue weighted by molar-refractivity contribution is 7.92. The third-order valence-corrected chi connectivity index (χ3v) is 4.80. The van der Waals surface area contributed by atoms with Crippen LogP contribution >= 0.6 is 11.6 Å². The Morgan fingerprint density at radius 1 is 1.38 bits per heavy atom. The van der Waals surface area contributed by atoms with Gasteiger partial charge in [0.1, 0.15) is 0 Å². The molecule has 0 aliphatic rings. The third-order valence-electron chi connectivity index (χ3n) is 2.51. The number of hydrogen-bond donors (Lipinski definition) is 0. The van der Waals surface area contributed by atoms with Gasteiger partial charge in [0.25, 0.3) is 0 Å². The van der Waals surface area contributed by atoms with Gasteiger partial charge in [-0.1, -0.05) is 0 Å². The SMILES string of the molecule is Cc1ncc(S(=O)(=O)C(C)CCCl)nc1C. The Bertz CT molecular complexity index is 474. The van der Waals surface area contributed by atoms with Crippen LogP contribution in [0.5, 0.6) is 0 Å². The zero-order valence-corrected chi connectivity index (χ0v) is 11.1. The first kappa shape index (κ1) is 13.4. The minimum atomic E-state index is -3.40. The van der Waals surface area contributed by atoms with Gasteiger partial charge in [-0.3, -0.25) is 4.98 Å². The van der Waals surface area contributed by atoms with E-state index in [1.807, 2.05) is 0 Å². The van der Waals surface area contributed by atoms with Crippen molar-refractivity contribution in [3.8, 4) is 0 Å². The van der Waals surface area contributed by atoms with Gasteiger partial charge < -0.3 is 0 Å². The summed E-state index contributed by atoms with van der Waals surface area (Å²) in [6.45, 7) is 5.17. The molecule has 0 aliphatic heterocycles. The molecule has 0 saturated heterocycles. The first-order valence-electron chi connectivity index (χ1n) is 4.99. The van der Waals surface area contributed by atoms with Crippen LogP contribution in [0.4, 0.5) is 0 Å². The van der Waals surface area contributed by atoms with Crippen LogP contribution in [0.15, 0.2) is 11.2 Å². The predicted molar refractivity (Wildman–Crippen MR) is 63.5 cm³/mol. The molecule has 1 aromatic heterocycles. The van der Waals surface area contributed by atoms with Crippen molar-refractivity contribution in [2.75, 3.05) is 5.88 Å². The molecule has 1 rings (SSSR count). The van der Waals surface area contributed by atoms with E-state index < -0.39 is 15.1 Å². The number of nitrogens with zero attached hydrogens (tertiary/aromatic N) is 2. The van der Waals surface area contributed by atoms with Crippen molar-refractivity contribution in [3.63, 3.8) is 0 Å². The fourth-order valence-corrected chi connectivity index (χ4v) is 2.93. The molecule has 1 heterocycles. The Kier molecular flexibility index (Phi) is 4.27. The quantitative estimate of drug-likeness (QED) is 0.778. The molecule has 0 radical (unpaired) electrons. The Balaban J connectivity index is 3.12. The molecule has 0 saturated carbocycles. The maximum Gasteiger partial charge on any atom is 0.199 e. The van der Waals surface area contributed by atoms with Gasteiger partial charge in [0.05, 0.1) is 22.8 Å². The lowest BCUT2D eigenvalue weighted by Gasteiger charge is -2.11. The number of aromatic nitrogens is 2. The molecule has 0 aromatic carbocycles. The van der Waals surface area contributed by atoms with Gasteiger partial charge >= 0.3 is 0 Å². The summed E-state index contributed by atoms with van der Waals surface area (Å²) >= 11 is 5.55. The molecule has 90 valence electrons. The van der Waals surface area contributed by atoms with Crippen LogP contribution in [0, 0.1) is 13.8 Å². The Hall–Kier alpha value is -0.680. The van der Waals surface area contributed by atoms with Gasteiger partial charge in [-0.05, 0) is 27.2 Å². The van der Waals surface area contributed by atoms with E-state index >= 15 is 0 Å². The zero-order chi connectivity index (χ0) is 12.3. The van der Waals surface area contributed by atoms with Gasteiger partial charge in [-0.2, -0.15) is 0 Å². The third kappa shape index (κ3) is 2.71. The monoisotopic (exact) mass is 262 g/mol. The fourth-order valence-electron chi connectivity index (χ4n) is 1.17. The molecule has 0 spiro atoms. The Morgan fingerprint density at radius 2 is 2.00 bits per heavy atom. The highest BCUT2D eigenvalue weighted by Crippen LogP contribution is 2.16. The molecule has 16 heavy (non-hydrogen) atoms. The molecule has 1 atom stereocenters. The van der Waals surface area contributed by atoms with Gasteiger partial charge in [-0.25, -0.2) is 13.4 Å². The minimum Gasteiger partial charge on any atom is -0.257 e. The van der Waals surface area contributed by atoms with Crippen LogP contribution in [0.2, 0.25) is 0 Å². The number of halogens is 1. The van der Waals surface area contributed by atoms with Gasteiger partial charge in [0.2, 0.25) is 0 Å². The number of alkyl halides is 1. The molecule has 1 aromatic rings. The van der Waals surface area contributed by atoms with Crippen LogP contribution in [0.25, 0.3) is 0 Å². The summed E-state index contributed by atoms with van der Waals surface area (Å²) in [5.74, 6) is 0.318. The molecule has 0 amide bonds. The average Bonchev–Trinajstić information content (AvgIpc) is 2.22. The highest BCUT2D eigenvalue weighted by Gasteiger charge is 2.24. The van der Waals surface area contributed by atoms with Gasteiger partial charge in [0, 0.05) is 5.88 Å². The first-order valence-corrected chi connectivity index (χ1v) is 7.07. The lowest BCUT2D eigenvalue weighted by atomic mass is 10.4. The van der Waals surface area contributed by atoms with Crippen LogP contribution in [-0.2, 0) is 9.84 Å². The van der Waals surface area contributed by atoms with Crippen LogP contribution < -0.4 is 0 Å². The van der Waals surface area contributed by atoms with Crippen molar-refractivity contribution in [2.45, 2.75) is 37.5 Å². The normalized spacial score (nSPS) is 13.8. The Morgan fingerprint density at radius 3 is 2.50 bits per heavy atom. The fraction of sp³-hybridized carbons (Fsp3) is 0.600. The standard InChI is InChI=1S/C10H15ClN2O2S/c1-7(4-5-11)16(14,15)10-6-12-8(2)9(3)13-10/h6-7H,4-5H2,1-3H3. The highest BCUT2D eigenvalue weighted by atomic mass is 35.5. The van der Waals surface area contributed by atoms with Crippen molar-refractivity contribution in [1.82, 2.24) is 9.97 Å².